The van der Waals surface area contributed by atoms with E-state index in [0.29, 0.717) is 17.5 Å². The van der Waals surface area contributed by atoms with Gasteiger partial charge in [0.2, 0.25) is 0 Å². The van der Waals surface area contributed by atoms with Crippen molar-refractivity contribution in [3.63, 3.8) is 0 Å². The number of hydrogen-bond donors (Lipinski definition) is 0. The first-order valence-corrected chi connectivity index (χ1v) is 21.3. The van der Waals surface area contributed by atoms with Crippen molar-refractivity contribution in [2.24, 2.45) is 0 Å². The van der Waals surface area contributed by atoms with Gasteiger partial charge in [-0.1, -0.05) is 151 Å². The molecule has 0 bridgehead atoms. The monoisotopic (exact) mass is 795 g/mol. The number of fused-ring (bicyclic) bond motifs is 8. The molecule has 0 fully saturated rings. The highest BCUT2D eigenvalue weighted by Crippen LogP contribution is 2.52. The summed E-state index contributed by atoms with van der Waals surface area (Å²) in [6, 6.07) is 71.4. The van der Waals surface area contributed by atoms with Crippen LogP contribution in [0, 0.1) is 0 Å². The van der Waals surface area contributed by atoms with E-state index in [-0.39, 0.29) is 0 Å². The summed E-state index contributed by atoms with van der Waals surface area (Å²) < 4.78 is 4.90. The second-order valence-electron chi connectivity index (χ2n) is 15.6. The maximum Gasteiger partial charge on any atom is 0.164 e. The van der Waals surface area contributed by atoms with Crippen molar-refractivity contribution in [3.05, 3.63) is 200 Å². The Balaban J connectivity index is 1.06. The predicted octanol–water partition coefficient (Wildman–Crippen LogP) is 14.4. The Kier molecular flexibility index (Phi) is 7.47. The minimum atomic E-state index is 0.652. The number of benzene rings is 9. The molecule has 1 aliphatic rings. The molecule has 0 atom stereocenters. The lowest BCUT2D eigenvalue weighted by Gasteiger charge is -2.25. The largest absolute Gasteiger partial charge is 0.309 e. The number of para-hydroxylation sites is 3. The Morgan fingerprint density at radius 1 is 0.344 bits per heavy atom. The van der Waals surface area contributed by atoms with Crippen molar-refractivity contribution >= 4 is 66.1 Å². The van der Waals surface area contributed by atoms with Crippen LogP contribution in [-0.4, -0.2) is 24.1 Å². The van der Waals surface area contributed by atoms with Crippen LogP contribution in [0.3, 0.4) is 0 Å². The SMILES string of the molecule is c1ccc(-c2nc(-c3ccccc3)nc(-c3ccc4c5c(cccc35)-c3c(cccc3-n3c5ccccc5c5cc6c(cc53)c3ccccc3n6-c3ccccc3)S4)n2)cc1. The van der Waals surface area contributed by atoms with Crippen molar-refractivity contribution < 1.29 is 0 Å². The third-order valence-electron chi connectivity index (χ3n) is 12.2. The van der Waals surface area contributed by atoms with E-state index in [1.165, 1.54) is 69.9 Å². The number of aromatic nitrogens is 5. The van der Waals surface area contributed by atoms with Gasteiger partial charge in [-0.3, -0.25) is 0 Å². The van der Waals surface area contributed by atoms with E-state index in [9.17, 15) is 0 Å². The molecule has 0 amide bonds. The number of rotatable bonds is 5. The molecule has 0 saturated heterocycles. The van der Waals surface area contributed by atoms with Gasteiger partial charge in [-0.2, -0.15) is 0 Å². The summed E-state index contributed by atoms with van der Waals surface area (Å²) in [6.07, 6.45) is 0. The van der Waals surface area contributed by atoms with Gasteiger partial charge in [0, 0.05) is 64.7 Å². The summed E-state index contributed by atoms with van der Waals surface area (Å²) in [7, 11) is 0. The number of hydrogen-bond acceptors (Lipinski definition) is 4. The highest BCUT2D eigenvalue weighted by Gasteiger charge is 2.27. The van der Waals surface area contributed by atoms with Gasteiger partial charge in [-0.05, 0) is 71.6 Å². The van der Waals surface area contributed by atoms with Crippen LogP contribution >= 0.6 is 11.8 Å². The van der Waals surface area contributed by atoms with E-state index in [4.69, 9.17) is 15.0 Å². The summed E-state index contributed by atoms with van der Waals surface area (Å²) in [5.41, 5.74) is 12.4. The van der Waals surface area contributed by atoms with Gasteiger partial charge in [0.1, 0.15) is 0 Å². The van der Waals surface area contributed by atoms with Crippen LogP contribution in [0.4, 0.5) is 0 Å². The first-order chi connectivity index (χ1) is 30.3. The minimum absolute atomic E-state index is 0.652. The van der Waals surface area contributed by atoms with Crippen molar-refractivity contribution in [1.82, 2.24) is 24.1 Å². The molecule has 61 heavy (non-hydrogen) atoms. The van der Waals surface area contributed by atoms with Gasteiger partial charge >= 0.3 is 0 Å². The molecule has 13 rings (SSSR count). The van der Waals surface area contributed by atoms with Gasteiger partial charge in [0.05, 0.1) is 27.8 Å². The summed E-state index contributed by atoms with van der Waals surface area (Å²) >= 11 is 1.84. The molecule has 5 nitrogen and oxygen atoms in total. The molecule has 0 N–H and O–H groups in total. The van der Waals surface area contributed by atoms with E-state index >= 15 is 0 Å². The molecular formula is C55H33N5S. The molecule has 0 saturated carbocycles. The van der Waals surface area contributed by atoms with E-state index < -0.39 is 0 Å². The molecule has 1 aliphatic heterocycles. The van der Waals surface area contributed by atoms with Crippen molar-refractivity contribution in [3.8, 4) is 56.7 Å². The lowest BCUT2D eigenvalue weighted by molar-refractivity contribution is 1.08. The average molecular weight is 796 g/mol. The lowest BCUT2D eigenvalue weighted by Crippen LogP contribution is -2.03. The second-order valence-corrected chi connectivity index (χ2v) is 16.6. The molecule has 0 spiro atoms. The van der Waals surface area contributed by atoms with Gasteiger partial charge in [0.25, 0.3) is 0 Å². The van der Waals surface area contributed by atoms with E-state index in [1.54, 1.807) is 0 Å². The molecule has 0 radical (unpaired) electrons. The van der Waals surface area contributed by atoms with Crippen LogP contribution in [0.5, 0.6) is 0 Å². The fourth-order valence-electron chi connectivity index (χ4n) is 9.52. The Hall–Kier alpha value is -7.80. The van der Waals surface area contributed by atoms with Crippen LogP contribution < -0.4 is 0 Å². The summed E-state index contributed by atoms with van der Waals surface area (Å²) in [4.78, 5) is 17.7. The van der Waals surface area contributed by atoms with Gasteiger partial charge in [0.15, 0.2) is 17.5 Å². The summed E-state index contributed by atoms with van der Waals surface area (Å²) in [6.45, 7) is 0. The second kappa shape index (κ2) is 13.4. The van der Waals surface area contributed by atoms with Crippen LogP contribution in [0.1, 0.15) is 0 Å². The van der Waals surface area contributed by atoms with E-state index in [0.717, 1.165) is 33.5 Å². The van der Waals surface area contributed by atoms with Crippen LogP contribution in [-0.2, 0) is 0 Å². The molecule has 0 unspecified atom stereocenters. The third-order valence-corrected chi connectivity index (χ3v) is 13.3. The number of nitrogens with zero attached hydrogens (tertiary/aromatic N) is 5. The first kappa shape index (κ1) is 34.1. The third kappa shape index (κ3) is 5.19. The Bertz CT molecular complexity index is 3660. The zero-order valence-corrected chi connectivity index (χ0v) is 33.5. The molecular weight excluding hydrogens is 763 g/mol. The Labute approximate surface area is 355 Å². The minimum Gasteiger partial charge on any atom is -0.309 e. The van der Waals surface area contributed by atoms with Gasteiger partial charge < -0.3 is 9.13 Å². The first-order valence-electron chi connectivity index (χ1n) is 20.5. The molecule has 0 aliphatic carbocycles. The quantitative estimate of drug-likeness (QED) is 0.174. The zero-order chi connectivity index (χ0) is 40.0. The molecule has 12 aromatic rings. The van der Waals surface area contributed by atoms with Gasteiger partial charge in [-0.25, -0.2) is 15.0 Å². The highest BCUT2D eigenvalue weighted by molar-refractivity contribution is 7.99. The maximum absolute atomic E-state index is 5.16. The van der Waals surface area contributed by atoms with Crippen molar-refractivity contribution in [2.75, 3.05) is 0 Å². The lowest BCUT2D eigenvalue weighted by atomic mass is 9.93. The molecule has 9 aromatic carbocycles. The van der Waals surface area contributed by atoms with E-state index in [1.807, 2.05) is 48.2 Å². The van der Waals surface area contributed by atoms with Crippen LogP contribution in [0.2, 0.25) is 0 Å². The Morgan fingerprint density at radius 3 is 1.56 bits per heavy atom. The topological polar surface area (TPSA) is 48.5 Å². The average Bonchev–Trinajstić information content (AvgIpc) is 3.83. The predicted molar refractivity (Wildman–Crippen MR) is 252 cm³/mol. The zero-order valence-electron chi connectivity index (χ0n) is 32.7. The molecule has 6 heteroatoms. The molecule has 4 heterocycles. The summed E-state index contributed by atoms with van der Waals surface area (Å²) in [5.74, 6) is 1.96. The summed E-state index contributed by atoms with van der Waals surface area (Å²) in [5, 5.41) is 7.25. The standard InChI is InChI=1S/C55H33N5S/c1-4-16-34(17-5-1)53-56-54(35-18-6-2-7-19-35)58-55(57-53)40-30-31-50-51-39(40)24-14-25-41(51)52-46(28-15-29-49(52)61-50)60-45-27-13-11-23-38(45)43-32-47-42(33-48(43)60)37-22-10-12-26-44(37)59(47)36-20-8-3-9-21-36/h1-33H. The fraction of sp³-hybridized carbons (Fsp3) is 0. The van der Waals surface area contributed by atoms with Crippen molar-refractivity contribution in [1.29, 1.82) is 0 Å². The fourth-order valence-corrected chi connectivity index (χ4v) is 10.7. The Morgan fingerprint density at radius 2 is 0.885 bits per heavy atom. The maximum atomic E-state index is 5.16. The van der Waals surface area contributed by atoms with Crippen LogP contribution in [0.15, 0.2) is 210 Å². The van der Waals surface area contributed by atoms with Gasteiger partial charge in [-0.15, -0.1) is 0 Å². The molecule has 3 aromatic heterocycles. The van der Waals surface area contributed by atoms with Crippen LogP contribution in [0.25, 0.3) is 111 Å². The van der Waals surface area contributed by atoms with Crippen molar-refractivity contribution in [2.45, 2.75) is 9.79 Å². The smallest absolute Gasteiger partial charge is 0.164 e. The molecule has 284 valence electrons. The highest BCUT2D eigenvalue weighted by atomic mass is 32.2. The van der Waals surface area contributed by atoms with E-state index in [2.05, 4.69) is 173 Å². The normalized spacial score (nSPS) is 12.2.